The van der Waals surface area contributed by atoms with Crippen LogP contribution in [0.3, 0.4) is 0 Å². The molecule has 0 aliphatic heterocycles. The summed E-state index contributed by atoms with van der Waals surface area (Å²) in [6, 6.07) is 5.38. The number of nitrogens with one attached hydrogen (secondary N) is 1. The molecule has 1 aromatic carbocycles. The van der Waals surface area contributed by atoms with Crippen molar-refractivity contribution in [3.8, 4) is 5.75 Å². The third kappa shape index (κ3) is 4.03. The molecule has 1 aromatic rings. The van der Waals surface area contributed by atoms with Gasteiger partial charge in [-0.2, -0.15) is 0 Å². The van der Waals surface area contributed by atoms with Crippen molar-refractivity contribution in [2.24, 2.45) is 5.92 Å². The Morgan fingerprint density at radius 2 is 2.10 bits per heavy atom. The van der Waals surface area contributed by atoms with Gasteiger partial charge in [-0.3, -0.25) is 4.79 Å². The molecule has 0 saturated heterocycles. The van der Waals surface area contributed by atoms with E-state index in [1.165, 1.54) is 19.3 Å². The maximum Gasteiger partial charge on any atom is 0.258 e. The summed E-state index contributed by atoms with van der Waals surface area (Å²) in [5, 5.41) is 3.80. The van der Waals surface area contributed by atoms with E-state index in [-0.39, 0.29) is 18.6 Å². The van der Waals surface area contributed by atoms with Gasteiger partial charge < -0.3 is 10.1 Å². The largest absolute Gasteiger partial charge is 0.482 e. The molecule has 0 unspecified atom stereocenters. The molecule has 0 bridgehead atoms. The monoisotopic (exact) mass is 315 g/mol. The summed E-state index contributed by atoms with van der Waals surface area (Å²) in [5.41, 5.74) is 0. The molecule has 1 aliphatic rings. The van der Waals surface area contributed by atoms with Gasteiger partial charge >= 0.3 is 0 Å². The van der Waals surface area contributed by atoms with Crippen LogP contribution >= 0.6 is 23.2 Å². The minimum atomic E-state index is -0.111. The zero-order valence-corrected chi connectivity index (χ0v) is 13.0. The molecule has 3 nitrogen and oxygen atoms in total. The standard InChI is InChI=1S/C15H19Cl2NO2/c1-10-5-2-3-7-12(10)18-14(19)9-20-13-8-4-6-11(16)15(13)17/h4,6,8,10,12H,2-3,5,7,9H2,1H3,(H,18,19)/t10-,12+/m0/s1. The van der Waals surface area contributed by atoms with E-state index in [4.69, 9.17) is 27.9 Å². The number of carbonyl (C=O) groups excluding carboxylic acids is 1. The summed E-state index contributed by atoms with van der Waals surface area (Å²) in [6.45, 7) is 2.14. The zero-order valence-electron chi connectivity index (χ0n) is 11.5. The Morgan fingerprint density at radius 1 is 1.35 bits per heavy atom. The molecular formula is C15H19Cl2NO2. The molecule has 0 radical (unpaired) electrons. The molecule has 2 atom stereocenters. The van der Waals surface area contributed by atoms with Crippen molar-refractivity contribution in [3.63, 3.8) is 0 Å². The molecule has 110 valence electrons. The van der Waals surface area contributed by atoms with Crippen LogP contribution in [-0.2, 0) is 4.79 Å². The van der Waals surface area contributed by atoms with Gasteiger partial charge in [0.15, 0.2) is 6.61 Å². The van der Waals surface area contributed by atoms with Gasteiger partial charge in [0.1, 0.15) is 10.8 Å². The van der Waals surface area contributed by atoms with Crippen LogP contribution in [0.25, 0.3) is 0 Å². The normalized spacial score (nSPS) is 22.4. The van der Waals surface area contributed by atoms with Crippen LogP contribution in [-0.4, -0.2) is 18.6 Å². The summed E-state index contributed by atoms with van der Waals surface area (Å²) >= 11 is 11.9. The number of halogens is 2. The van der Waals surface area contributed by atoms with E-state index < -0.39 is 0 Å². The van der Waals surface area contributed by atoms with E-state index in [0.29, 0.717) is 21.7 Å². The molecule has 1 fully saturated rings. The van der Waals surface area contributed by atoms with Crippen molar-refractivity contribution in [2.75, 3.05) is 6.61 Å². The number of hydrogen-bond acceptors (Lipinski definition) is 2. The second-order valence-corrected chi connectivity index (χ2v) is 6.06. The summed E-state index contributed by atoms with van der Waals surface area (Å²) in [4.78, 5) is 11.9. The Kier molecular flexibility index (Phi) is 5.55. The smallest absolute Gasteiger partial charge is 0.258 e. The molecular weight excluding hydrogens is 297 g/mol. The number of ether oxygens (including phenoxy) is 1. The molecule has 0 aromatic heterocycles. The van der Waals surface area contributed by atoms with Crippen molar-refractivity contribution < 1.29 is 9.53 Å². The first-order valence-corrected chi connectivity index (χ1v) is 7.69. The van der Waals surface area contributed by atoms with Gasteiger partial charge in [-0.05, 0) is 30.9 Å². The highest BCUT2D eigenvalue weighted by molar-refractivity contribution is 6.42. The number of amides is 1. The highest BCUT2D eigenvalue weighted by Gasteiger charge is 2.22. The van der Waals surface area contributed by atoms with Crippen molar-refractivity contribution in [1.29, 1.82) is 0 Å². The van der Waals surface area contributed by atoms with Gasteiger partial charge in [0, 0.05) is 6.04 Å². The predicted molar refractivity (Wildman–Crippen MR) is 81.5 cm³/mol. The zero-order chi connectivity index (χ0) is 14.5. The van der Waals surface area contributed by atoms with Gasteiger partial charge in [0.25, 0.3) is 5.91 Å². The first kappa shape index (κ1) is 15.5. The lowest BCUT2D eigenvalue weighted by atomic mass is 9.86. The van der Waals surface area contributed by atoms with Crippen molar-refractivity contribution >= 4 is 29.1 Å². The number of benzene rings is 1. The maximum absolute atomic E-state index is 11.9. The Hall–Kier alpha value is -0.930. The van der Waals surface area contributed by atoms with Crippen LogP contribution < -0.4 is 10.1 Å². The van der Waals surface area contributed by atoms with Gasteiger partial charge in [-0.15, -0.1) is 0 Å². The van der Waals surface area contributed by atoms with E-state index >= 15 is 0 Å². The summed E-state index contributed by atoms with van der Waals surface area (Å²) in [6.07, 6.45) is 4.65. The first-order valence-electron chi connectivity index (χ1n) is 6.94. The molecule has 0 spiro atoms. The van der Waals surface area contributed by atoms with Crippen molar-refractivity contribution in [3.05, 3.63) is 28.2 Å². The van der Waals surface area contributed by atoms with E-state index in [1.54, 1.807) is 18.2 Å². The van der Waals surface area contributed by atoms with Crippen LogP contribution in [0.2, 0.25) is 10.0 Å². The van der Waals surface area contributed by atoms with E-state index in [1.807, 2.05) is 0 Å². The average Bonchev–Trinajstić information content (AvgIpc) is 2.43. The Balaban J connectivity index is 1.84. The first-order chi connectivity index (χ1) is 9.58. The quantitative estimate of drug-likeness (QED) is 0.909. The second-order valence-electron chi connectivity index (χ2n) is 5.28. The maximum atomic E-state index is 11.9. The third-order valence-corrected chi connectivity index (χ3v) is 4.53. The lowest BCUT2D eigenvalue weighted by Gasteiger charge is -2.29. The fraction of sp³-hybridized carbons (Fsp3) is 0.533. The SMILES string of the molecule is C[C@H]1CCCC[C@H]1NC(=O)COc1cccc(Cl)c1Cl. The minimum absolute atomic E-state index is 0.0384. The highest BCUT2D eigenvalue weighted by atomic mass is 35.5. The number of hydrogen-bond donors (Lipinski definition) is 1. The topological polar surface area (TPSA) is 38.3 Å². The molecule has 1 N–H and O–H groups in total. The van der Waals surface area contributed by atoms with E-state index in [0.717, 1.165) is 6.42 Å². The number of carbonyl (C=O) groups is 1. The second kappa shape index (κ2) is 7.19. The van der Waals surface area contributed by atoms with Crippen LogP contribution in [0.1, 0.15) is 32.6 Å². The molecule has 1 aliphatic carbocycles. The lowest BCUT2D eigenvalue weighted by Crippen LogP contribution is -2.43. The summed E-state index contributed by atoms with van der Waals surface area (Å²) < 4.78 is 5.43. The summed E-state index contributed by atoms with van der Waals surface area (Å²) in [5.74, 6) is 0.855. The van der Waals surface area contributed by atoms with Crippen molar-refractivity contribution in [2.45, 2.75) is 38.6 Å². The third-order valence-electron chi connectivity index (χ3n) is 3.73. The van der Waals surface area contributed by atoms with E-state index in [9.17, 15) is 4.79 Å². The predicted octanol–water partition coefficient (Wildman–Crippen LogP) is 4.07. The molecule has 1 saturated carbocycles. The Bertz CT molecular complexity index is 479. The fourth-order valence-corrected chi connectivity index (χ4v) is 2.86. The number of rotatable bonds is 4. The van der Waals surface area contributed by atoms with Crippen LogP contribution in [0.15, 0.2) is 18.2 Å². The van der Waals surface area contributed by atoms with Crippen LogP contribution in [0, 0.1) is 5.92 Å². The Morgan fingerprint density at radius 3 is 2.85 bits per heavy atom. The van der Waals surface area contributed by atoms with Gasteiger partial charge in [-0.1, -0.05) is 49.0 Å². The van der Waals surface area contributed by atoms with Gasteiger partial charge in [0.05, 0.1) is 5.02 Å². The molecule has 5 heteroatoms. The summed E-state index contributed by atoms with van der Waals surface area (Å²) in [7, 11) is 0. The average molecular weight is 316 g/mol. The van der Waals surface area contributed by atoms with Crippen LogP contribution in [0.4, 0.5) is 0 Å². The molecule has 2 rings (SSSR count). The van der Waals surface area contributed by atoms with Gasteiger partial charge in [0.2, 0.25) is 0 Å². The van der Waals surface area contributed by atoms with Crippen molar-refractivity contribution in [1.82, 2.24) is 5.32 Å². The molecule has 1 amide bonds. The lowest BCUT2D eigenvalue weighted by molar-refractivity contribution is -0.124. The molecule has 20 heavy (non-hydrogen) atoms. The van der Waals surface area contributed by atoms with E-state index in [2.05, 4.69) is 12.2 Å². The minimum Gasteiger partial charge on any atom is -0.482 e. The van der Waals surface area contributed by atoms with Gasteiger partial charge in [-0.25, -0.2) is 0 Å². The molecule has 0 heterocycles. The Labute approximate surface area is 129 Å². The highest BCUT2D eigenvalue weighted by Crippen LogP contribution is 2.31. The van der Waals surface area contributed by atoms with Crippen LogP contribution in [0.5, 0.6) is 5.75 Å². The fourth-order valence-electron chi connectivity index (χ4n) is 2.52.